The molecule has 0 radical (unpaired) electrons. The van der Waals surface area contributed by atoms with Gasteiger partial charge in [-0.3, -0.25) is 0 Å². The Kier molecular flexibility index (Phi) is 3.76. The molecule has 1 N–H and O–H groups in total. The number of rotatable bonds is 3. The van der Waals surface area contributed by atoms with Crippen LogP contribution in [0.2, 0.25) is 0 Å². The molecule has 1 heterocycles. The lowest BCUT2D eigenvalue weighted by atomic mass is 10.2. The Bertz CT molecular complexity index is 531. The van der Waals surface area contributed by atoms with Crippen LogP contribution in [-0.4, -0.2) is 10.1 Å². The maximum Gasteiger partial charge on any atom is 0.137 e. The molecule has 0 aliphatic carbocycles. The molecule has 0 fully saturated rings. The molecular weight excluding hydrogens is 237 g/mol. The van der Waals surface area contributed by atoms with E-state index in [2.05, 4.69) is 4.98 Å². The summed E-state index contributed by atoms with van der Waals surface area (Å²) in [5, 5.41) is 9.74. The van der Waals surface area contributed by atoms with E-state index in [-0.39, 0.29) is 12.4 Å². The summed E-state index contributed by atoms with van der Waals surface area (Å²) in [6, 6.07) is 8.47. The standard InChI is InChI=1S/C13H12FNOS/c1-9-6-10(8-16)7-15-13(9)17-12-5-3-2-4-11(12)14/h2-7,16H,8H2,1H3. The Morgan fingerprint density at radius 1 is 1.35 bits per heavy atom. The molecule has 0 bridgehead atoms. The highest BCUT2D eigenvalue weighted by Gasteiger charge is 2.07. The van der Waals surface area contributed by atoms with Crippen LogP contribution in [0.15, 0.2) is 46.5 Å². The van der Waals surface area contributed by atoms with Gasteiger partial charge in [0.25, 0.3) is 0 Å². The Hall–Kier alpha value is -1.39. The lowest BCUT2D eigenvalue weighted by molar-refractivity contribution is 0.281. The van der Waals surface area contributed by atoms with Gasteiger partial charge in [-0.25, -0.2) is 9.37 Å². The molecular formula is C13H12FNOS. The molecule has 0 aliphatic heterocycles. The normalized spacial score (nSPS) is 10.5. The van der Waals surface area contributed by atoms with Gasteiger partial charge in [0.15, 0.2) is 0 Å². The van der Waals surface area contributed by atoms with E-state index in [1.54, 1.807) is 24.4 Å². The van der Waals surface area contributed by atoms with Crippen molar-refractivity contribution >= 4 is 11.8 Å². The van der Waals surface area contributed by atoms with Crippen LogP contribution in [-0.2, 0) is 6.61 Å². The van der Waals surface area contributed by atoms with Crippen LogP contribution < -0.4 is 0 Å². The minimum atomic E-state index is -0.245. The van der Waals surface area contributed by atoms with Crippen molar-refractivity contribution in [3.05, 3.63) is 53.5 Å². The fourth-order valence-electron chi connectivity index (χ4n) is 1.45. The highest BCUT2D eigenvalue weighted by Crippen LogP contribution is 2.30. The van der Waals surface area contributed by atoms with E-state index in [9.17, 15) is 4.39 Å². The molecule has 0 aliphatic rings. The molecule has 0 spiro atoms. The van der Waals surface area contributed by atoms with Gasteiger partial charge in [-0.05, 0) is 36.2 Å². The summed E-state index contributed by atoms with van der Waals surface area (Å²) in [5.74, 6) is -0.245. The zero-order chi connectivity index (χ0) is 12.3. The monoisotopic (exact) mass is 249 g/mol. The largest absolute Gasteiger partial charge is 0.392 e. The van der Waals surface area contributed by atoms with Crippen molar-refractivity contribution in [3.8, 4) is 0 Å². The zero-order valence-electron chi connectivity index (χ0n) is 9.35. The lowest BCUT2D eigenvalue weighted by Crippen LogP contribution is -1.91. The average molecular weight is 249 g/mol. The van der Waals surface area contributed by atoms with Crippen molar-refractivity contribution < 1.29 is 9.50 Å². The lowest BCUT2D eigenvalue weighted by Gasteiger charge is -2.06. The molecule has 0 amide bonds. The molecule has 2 rings (SSSR count). The molecule has 0 saturated carbocycles. The summed E-state index contributed by atoms with van der Waals surface area (Å²) in [6.45, 7) is 1.87. The van der Waals surface area contributed by atoms with Crippen LogP contribution in [0, 0.1) is 12.7 Å². The SMILES string of the molecule is Cc1cc(CO)cnc1Sc1ccccc1F. The van der Waals surface area contributed by atoms with Crippen molar-refractivity contribution in [1.29, 1.82) is 0 Å². The quantitative estimate of drug-likeness (QED) is 0.907. The first-order valence-electron chi connectivity index (χ1n) is 5.19. The van der Waals surface area contributed by atoms with Gasteiger partial charge < -0.3 is 5.11 Å². The fourth-order valence-corrected chi connectivity index (χ4v) is 2.29. The maximum atomic E-state index is 13.5. The molecule has 2 nitrogen and oxygen atoms in total. The van der Waals surface area contributed by atoms with Gasteiger partial charge in [-0.2, -0.15) is 0 Å². The first-order valence-corrected chi connectivity index (χ1v) is 6.01. The first kappa shape index (κ1) is 12.1. The van der Waals surface area contributed by atoms with Crippen LogP contribution >= 0.6 is 11.8 Å². The van der Waals surface area contributed by atoms with Crippen LogP contribution in [0.3, 0.4) is 0 Å². The number of aromatic nitrogens is 1. The van der Waals surface area contributed by atoms with Crippen LogP contribution in [0.4, 0.5) is 4.39 Å². The van der Waals surface area contributed by atoms with Crippen molar-refractivity contribution in [2.24, 2.45) is 0 Å². The van der Waals surface area contributed by atoms with Crippen molar-refractivity contribution in [3.63, 3.8) is 0 Å². The Morgan fingerprint density at radius 3 is 2.76 bits per heavy atom. The van der Waals surface area contributed by atoms with E-state index in [0.29, 0.717) is 4.90 Å². The second-order valence-corrected chi connectivity index (χ2v) is 4.69. The third kappa shape index (κ3) is 2.84. The topological polar surface area (TPSA) is 33.1 Å². The Morgan fingerprint density at radius 2 is 2.12 bits per heavy atom. The number of benzene rings is 1. The average Bonchev–Trinajstić information content (AvgIpc) is 2.34. The van der Waals surface area contributed by atoms with Crippen molar-refractivity contribution in [1.82, 2.24) is 4.98 Å². The zero-order valence-corrected chi connectivity index (χ0v) is 10.2. The minimum Gasteiger partial charge on any atom is -0.392 e. The highest BCUT2D eigenvalue weighted by atomic mass is 32.2. The van der Waals surface area contributed by atoms with Crippen molar-refractivity contribution in [2.75, 3.05) is 0 Å². The second kappa shape index (κ2) is 5.29. The molecule has 2 aromatic rings. The minimum absolute atomic E-state index is 0.0293. The molecule has 1 aromatic carbocycles. The molecule has 17 heavy (non-hydrogen) atoms. The molecule has 88 valence electrons. The summed E-state index contributed by atoms with van der Waals surface area (Å²) < 4.78 is 13.5. The van der Waals surface area contributed by atoms with Crippen LogP contribution in [0.25, 0.3) is 0 Å². The summed E-state index contributed by atoms with van der Waals surface area (Å²) in [6.07, 6.45) is 1.61. The van der Waals surface area contributed by atoms with Gasteiger partial charge in [-0.15, -0.1) is 0 Å². The Balaban J connectivity index is 2.28. The molecule has 4 heteroatoms. The third-order valence-electron chi connectivity index (χ3n) is 2.31. The highest BCUT2D eigenvalue weighted by molar-refractivity contribution is 7.99. The number of aliphatic hydroxyl groups excluding tert-OH is 1. The van der Waals surface area contributed by atoms with Gasteiger partial charge >= 0.3 is 0 Å². The van der Waals surface area contributed by atoms with E-state index < -0.39 is 0 Å². The van der Waals surface area contributed by atoms with Gasteiger partial charge in [0.1, 0.15) is 10.8 Å². The number of nitrogens with zero attached hydrogens (tertiary/aromatic N) is 1. The van der Waals surface area contributed by atoms with Gasteiger partial charge in [0.2, 0.25) is 0 Å². The summed E-state index contributed by atoms with van der Waals surface area (Å²) in [5.41, 5.74) is 1.70. The molecule has 0 atom stereocenters. The first-order chi connectivity index (χ1) is 8.20. The fraction of sp³-hybridized carbons (Fsp3) is 0.154. The number of hydrogen-bond donors (Lipinski definition) is 1. The predicted octanol–water partition coefficient (Wildman–Crippen LogP) is 3.17. The molecule has 0 saturated heterocycles. The van der Waals surface area contributed by atoms with E-state index in [4.69, 9.17) is 5.11 Å². The maximum absolute atomic E-state index is 13.5. The molecule has 0 unspecified atom stereocenters. The van der Waals surface area contributed by atoms with Gasteiger partial charge in [-0.1, -0.05) is 23.9 Å². The van der Waals surface area contributed by atoms with E-state index in [1.165, 1.54) is 17.8 Å². The number of aryl methyl sites for hydroxylation is 1. The van der Waals surface area contributed by atoms with Gasteiger partial charge in [0, 0.05) is 11.1 Å². The Labute approximate surface area is 104 Å². The number of pyridine rings is 1. The summed E-state index contributed by atoms with van der Waals surface area (Å²) in [4.78, 5) is 4.78. The van der Waals surface area contributed by atoms with Crippen LogP contribution in [0.5, 0.6) is 0 Å². The van der Waals surface area contributed by atoms with Gasteiger partial charge in [0.05, 0.1) is 6.61 Å². The van der Waals surface area contributed by atoms with Crippen LogP contribution in [0.1, 0.15) is 11.1 Å². The molecule has 1 aromatic heterocycles. The second-order valence-electron chi connectivity index (χ2n) is 3.66. The smallest absolute Gasteiger partial charge is 0.137 e. The van der Waals surface area contributed by atoms with Crippen molar-refractivity contribution in [2.45, 2.75) is 23.5 Å². The number of halogens is 1. The van der Waals surface area contributed by atoms with E-state index in [1.807, 2.05) is 13.0 Å². The van der Waals surface area contributed by atoms with E-state index >= 15 is 0 Å². The third-order valence-corrected chi connectivity index (χ3v) is 3.48. The number of aliphatic hydroxyl groups is 1. The summed E-state index contributed by atoms with van der Waals surface area (Å²) >= 11 is 1.29. The predicted molar refractivity (Wildman–Crippen MR) is 65.4 cm³/mol. The number of hydrogen-bond acceptors (Lipinski definition) is 3. The van der Waals surface area contributed by atoms with E-state index in [0.717, 1.165) is 16.2 Å². The summed E-state index contributed by atoms with van der Waals surface area (Å²) in [7, 11) is 0.